The molecule has 1 aliphatic rings. The van der Waals surface area contributed by atoms with Gasteiger partial charge in [0, 0.05) is 41.8 Å². The molecule has 0 bridgehead atoms. The summed E-state index contributed by atoms with van der Waals surface area (Å²) in [6.45, 7) is 2.47. The topological polar surface area (TPSA) is 64.7 Å². The number of hydrogen-bond acceptors (Lipinski definition) is 4. The van der Waals surface area contributed by atoms with Crippen LogP contribution in [0.2, 0.25) is 5.02 Å². The van der Waals surface area contributed by atoms with Crippen LogP contribution in [0.3, 0.4) is 0 Å². The van der Waals surface area contributed by atoms with Gasteiger partial charge in [-0.1, -0.05) is 54.1 Å². The summed E-state index contributed by atoms with van der Waals surface area (Å²) < 4.78 is 0.680. The molecule has 0 saturated carbocycles. The zero-order valence-electron chi connectivity index (χ0n) is 19.3. The Morgan fingerprint density at radius 3 is 2.36 bits per heavy atom. The Hall–Kier alpha value is -3.20. The van der Waals surface area contributed by atoms with Gasteiger partial charge in [0.25, 0.3) is 5.91 Å². The number of anilines is 2. The van der Waals surface area contributed by atoms with E-state index in [1.807, 2.05) is 59.5 Å². The van der Waals surface area contributed by atoms with Crippen LogP contribution in [-0.2, 0) is 4.79 Å². The minimum Gasteiger partial charge on any atom is -0.366 e. The summed E-state index contributed by atoms with van der Waals surface area (Å²) in [6.07, 6.45) is 3.45. The lowest BCUT2D eigenvalue weighted by atomic mass is 10.2. The highest BCUT2D eigenvalue weighted by atomic mass is 79.9. The molecular weight excluding hydrogens is 560 g/mol. The summed E-state index contributed by atoms with van der Waals surface area (Å²) in [4.78, 5) is 29.3. The van der Waals surface area contributed by atoms with Gasteiger partial charge in [-0.25, -0.2) is 0 Å². The molecule has 9 heteroatoms. The molecule has 3 aromatic rings. The summed E-state index contributed by atoms with van der Waals surface area (Å²) in [5.74, 6) is -0.330. The average Bonchev–Trinajstić information content (AvgIpc) is 2.88. The number of halogens is 2. The van der Waals surface area contributed by atoms with Crippen molar-refractivity contribution in [3.05, 3.63) is 99.5 Å². The first kappa shape index (κ1) is 25.9. The largest absolute Gasteiger partial charge is 0.366 e. The standard InChI is InChI=1S/C27H24BrClN4O2S/c28-22-9-5-4-8-21(22)26(35)31-27(36)30-23-18-20(29)11-12-24(23)32-14-16-33(17-15-32)25(34)13-10-19-6-2-1-3-7-19/h1-13,18H,14-17H2,(H2,30,31,35,36)/b13-10+. The van der Waals surface area contributed by atoms with E-state index in [0.717, 1.165) is 11.3 Å². The second-order valence-electron chi connectivity index (χ2n) is 8.11. The van der Waals surface area contributed by atoms with Crippen LogP contribution in [0.25, 0.3) is 6.08 Å². The van der Waals surface area contributed by atoms with Crippen molar-refractivity contribution in [2.45, 2.75) is 0 Å². The maximum Gasteiger partial charge on any atom is 0.258 e. The van der Waals surface area contributed by atoms with E-state index in [9.17, 15) is 9.59 Å². The Kier molecular flexibility index (Phi) is 8.74. The number of benzene rings is 3. The van der Waals surface area contributed by atoms with Gasteiger partial charge < -0.3 is 15.1 Å². The van der Waals surface area contributed by atoms with Crippen molar-refractivity contribution in [3.63, 3.8) is 0 Å². The predicted molar refractivity (Wildman–Crippen MR) is 154 cm³/mol. The average molecular weight is 584 g/mol. The molecule has 6 nitrogen and oxygen atoms in total. The summed E-state index contributed by atoms with van der Waals surface area (Å²) in [7, 11) is 0. The Morgan fingerprint density at radius 2 is 1.64 bits per heavy atom. The smallest absolute Gasteiger partial charge is 0.258 e. The molecule has 4 rings (SSSR count). The number of amides is 2. The molecule has 1 aliphatic heterocycles. The highest BCUT2D eigenvalue weighted by Gasteiger charge is 2.22. The van der Waals surface area contributed by atoms with E-state index in [2.05, 4.69) is 31.5 Å². The third-order valence-electron chi connectivity index (χ3n) is 5.70. The van der Waals surface area contributed by atoms with Crippen molar-refractivity contribution < 1.29 is 9.59 Å². The van der Waals surface area contributed by atoms with Crippen molar-refractivity contribution in [2.75, 3.05) is 36.4 Å². The van der Waals surface area contributed by atoms with Gasteiger partial charge in [-0.15, -0.1) is 0 Å². The van der Waals surface area contributed by atoms with E-state index in [1.54, 1.807) is 30.3 Å². The van der Waals surface area contributed by atoms with E-state index < -0.39 is 0 Å². The van der Waals surface area contributed by atoms with Crippen molar-refractivity contribution in [1.29, 1.82) is 0 Å². The number of thiocarbonyl (C=S) groups is 1. The van der Waals surface area contributed by atoms with E-state index >= 15 is 0 Å². The van der Waals surface area contributed by atoms with Crippen LogP contribution in [0.4, 0.5) is 11.4 Å². The molecule has 184 valence electrons. The number of carbonyl (C=O) groups is 2. The first-order chi connectivity index (χ1) is 17.4. The minimum absolute atomic E-state index is 0.0103. The Bertz CT molecular complexity index is 1290. The molecule has 3 aromatic carbocycles. The number of nitrogens with zero attached hydrogens (tertiary/aromatic N) is 2. The van der Waals surface area contributed by atoms with Crippen molar-refractivity contribution in [2.24, 2.45) is 0 Å². The van der Waals surface area contributed by atoms with E-state index in [0.29, 0.717) is 46.9 Å². The van der Waals surface area contributed by atoms with Gasteiger partial charge in [0.15, 0.2) is 5.11 Å². The zero-order chi connectivity index (χ0) is 25.5. The lowest BCUT2D eigenvalue weighted by molar-refractivity contribution is -0.126. The van der Waals surface area contributed by atoms with E-state index in [4.69, 9.17) is 23.8 Å². The number of nitrogens with one attached hydrogen (secondary N) is 2. The van der Waals surface area contributed by atoms with Crippen LogP contribution in [-0.4, -0.2) is 48.0 Å². The molecule has 2 N–H and O–H groups in total. The third-order valence-corrected chi connectivity index (χ3v) is 6.83. The minimum atomic E-state index is -0.320. The highest BCUT2D eigenvalue weighted by Crippen LogP contribution is 2.30. The fraction of sp³-hybridized carbons (Fsp3) is 0.148. The highest BCUT2D eigenvalue weighted by molar-refractivity contribution is 9.10. The van der Waals surface area contributed by atoms with Gasteiger partial charge in [0.1, 0.15) is 0 Å². The number of piperazine rings is 1. The Balaban J connectivity index is 1.38. The molecule has 0 atom stereocenters. The van der Waals surface area contributed by atoms with Crippen LogP contribution in [0.1, 0.15) is 15.9 Å². The second-order valence-corrected chi connectivity index (χ2v) is 9.80. The fourth-order valence-electron chi connectivity index (χ4n) is 3.86. The van der Waals surface area contributed by atoms with Crippen molar-refractivity contribution >= 4 is 74.1 Å². The second kappa shape index (κ2) is 12.2. The van der Waals surface area contributed by atoms with Crippen LogP contribution in [0.5, 0.6) is 0 Å². The predicted octanol–water partition coefficient (Wildman–Crippen LogP) is 5.59. The van der Waals surface area contributed by atoms with E-state index in [1.165, 1.54) is 0 Å². The first-order valence-corrected chi connectivity index (χ1v) is 12.9. The summed E-state index contributed by atoms with van der Waals surface area (Å²) in [6, 6.07) is 22.4. The molecule has 1 fully saturated rings. The third kappa shape index (κ3) is 6.72. The first-order valence-electron chi connectivity index (χ1n) is 11.3. The van der Waals surface area contributed by atoms with Crippen molar-refractivity contribution in [3.8, 4) is 0 Å². The summed E-state index contributed by atoms with van der Waals surface area (Å²) in [5, 5.41) is 6.53. The lowest BCUT2D eigenvalue weighted by Gasteiger charge is -2.36. The van der Waals surface area contributed by atoms with Gasteiger partial charge in [-0.3, -0.25) is 14.9 Å². The molecule has 2 amide bonds. The Labute approximate surface area is 229 Å². The normalized spacial score (nSPS) is 13.5. The molecular formula is C27H24BrClN4O2S. The molecule has 0 radical (unpaired) electrons. The van der Waals surface area contributed by atoms with Crippen LogP contribution < -0.4 is 15.5 Å². The molecule has 36 heavy (non-hydrogen) atoms. The SMILES string of the molecule is O=C(NC(=S)Nc1cc(Cl)ccc1N1CCN(C(=O)/C=C/c2ccccc2)CC1)c1ccccc1Br. The molecule has 0 aliphatic carbocycles. The number of rotatable bonds is 5. The maximum atomic E-state index is 12.6. The monoisotopic (exact) mass is 582 g/mol. The molecule has 0 spiro atoms. The molecule has 1 saturated heterocycles. The zero-order valence-corrected chi connectivity index (χ0v) is 22.4. The number of hydrogen-bond donors (Lipinski definition) is 2. The van der Waals surface area contributed by atoms with Gasteiger partial charge in [0.05, 0.1) is 16.9 Å². The molecule has 1 heterocycles. The number of carbonyl (C=O) groups excluding carboxylic acids is 2. The van der Waals surface area contributed by atoms with Gasteiger partial charge in [0.2, 0.25) is 5.91 Å². The van der Waals surface area contributed by atoms with Crippen LogP contribution in [0.15, 0.2) is 83.3 Å². The Morgan fingerprint density at radius 1 is 0.944 bits per heavy atom. The van der Waals surface area contributed by atoms with Crippen LogP contribution >= 0.6 is 39.7 Å². The lowest BCUT2D eigenvalue weighted by Crippen LogP contribution is -2.48. The van der Waals surface area contributed by atoms with Gasteiger partial charge in [-0.2, -0.15) is 0 Å². The van der Waals surface area contributed by atoms with Crippen molar-refractivity contribution in [1.82, 2.24) is 10.2 Å². The quantitative estimate of drug-likeness (QED) is 0.303. The van der Waals surface area contributed by atoms with Gasteiger partial charge >= 0.3 is 0 Å². The van der Waals surface area contributed by atoms with E-state index in [-0.39, 0.29) is 16.9 Å². The summed E-state index contributed by atoms with van der Waals surface area (Å²) >= 11 is 15.0. The maximum absolute atomic E-state index is 12.6. The molecule has 0 unspecified atom stereocenters. The van der Waals surface area contributed by atoms with Gasteiger partial charge in [-0.05, 0) is 70.1 Å². The fourth-order valence-corrected chi connectivity index (χ4v) is 4.70. The summed E-state index contributed by atoms with van der Waals surface area (Å²) in [5.41, 5.74) is 3.05. The van der Waals surface area contributed by atoms with Crippen LogP contribution in [0, 0.1) is 0 Å². The molecule has 0 aromatic heterocycles.